The molecule has 0 saturated carbocycles. The van der Waals surface area contributed by atoms with Gasteiger partial charge in [0.05, 0.1) is 52.9 Å². The molecule has 15 heteroatoms. The summed E-state index contributed by atoms with van der Waals surface area (Å²) in [6, 6.07) is 13.7. The summed E-state index contributed by atoms with van der Waals surface area (Å²) in [6.45, 7) is 5.40. The number of rotatable bonds is 5. The molecule has 4 rings (SSSR count). The molecule has 0 radical (unpaired) electrons. The minimum absolute atomic E-state index is 0.166. The van der Waals surface area contributed by atoms with Crippen LogP contribution in [0.25, 0.3) is 10.8 Å². The van der Waals surface area contributed by atoms with Gasteiger partial charge in [0.15, 0.2) is 0 Å². The average molecular weight is 599 g/mol. The lowest BCUT2D eigenvalue weighted by Crippen LogP contribution is -2.17. The molecule has 2 bridgehead atoms. The molecule has 200 valence electrons. The number of ether oxygens (including phenoxy) is 3. The van der Waals surface area contributed by atoms with Crippen molar-refractivity contribution in [1.82, 2.24) is 5.09 Å². The SMILES string of the molecule is CCCNP12=NP(Oc3ccc4ccccc4c3)(=NP(Cl)(Cl)=N1)OCCOCCOCCOCCO2. The van der Waals surface area contributed by atoms with Gasteiger partial charge in [-0.2, -0.15) is 9.03 Å². The predicted molar refractivity (Wildman–Crippen MR) is 147 cm³/mol. The van der Waals surface area contributed by atoms with Crippen molar-refractivity contribution in [3.8, 4) is 5.75 Å². The Hall–Kier alpha value is -0.470. The van der Waals surface area contributed by atoms with Crippen LogP contribution >= 0.6 is 43.6 Å². The van der Waals surface area contributed by atoms with Gasteiger partial charge in [-0.05, 0) is 51.8 Å². The standard InChI is InChI=1S/C21H31Cl2N4O6P3/c1-2-9-24-35-25-34(22,23)26-36(27-35,33-21-8-7-19-5-3-4-6-20(19)18-21)32-17-15-30-13-11-28-10-12-29-14-16-31-35/h3-8,18,24H,2,9-17H2,1H3. The molecule has 0 aliphatic carbocycles. The van der Waals surface area contributed by atoms with E-state index in [1.807, 2.05) is 49.4 Å². The van der Waals surface area contributed by atoms with Gasteiger partial charge >= 0.3 is 7.66 Å². The van der Waals surface area contributed by atoms with Crippen molar-refractivity contribution in [3.05, 3.63) is 42.5 Å². The highest BCUT2D eigenvalue weighted by molar-refractivity contribution is 8.13. The summed E-state index contributed by atoms with van der Waals surface area (Å²) in [5, 5.41) is 5.41. The van der Waals surface area contributed by atoms with E-state index < -0.39 is 21.2 Å². The van der Waals surface area contributed by atoms with Crippen molar-refractivity contribution >= 4 is 54.4 Å². The molecule has 0 aromatic heterocycles. The molecule has 0 spiro atoms. The highest BCUT2D eigenvalue weighted by Gasteiger charge is 2.39. The molecular formula is C21H31Cl2N4O6P3. The number of fused-ring (bicyclic) bond motifs is 2. The highest BCUT2D eigenvalue weighted by Crippen LogP contribution is 2.81. The summed E-state index contributed by atoms with van der Waals surface area (Å²) in [6.07, 6.45) is 0.822. The zero-order valence-electron chi connectivity index (χ0n) is 20.0. The first kappa shape index (κ1) is 28.5. The number of nitrogens with zero attached hydrogens (tertiary/aromatic N) is 3. The van der Waals surface area contributed by atoms with Crippen molar-refractivity contribution in [2.75, 3.05) is 59.4 Å². The molecule has 2 unspecified atom stereocenters. The molecule has 2 heterocycles. The second kappa shape index (κ2) is 13.5. The van der Waals surface area contributed by atoms with Crippen LogP contribution in [-0.4, -0.2) is 59.4 Å². The third-order valence-electron chi connectivity index (χ3n) is 4.93. The second-order valence-electron chi connectivity index (χ2n) is 7.77. The van der Waals surface area contributed by atoms with Crippen molar-refractivity contribution in [2.45, 2.75) is 13.3 Å². The van der Waals surface area contributed by atoms with Crippen LogP contribution in [-0.2, 0) is 23.3 Å². The monoisotopic (exact) mass is 598 g/mol. The van der Waals surface area contributed by atoms with E-state index in [-0.39, 0.29) is 19.8 Å². The van der Waals surface area contributed by atoms with E-state index >= 15 is 0 Å². The van der Waals surface area contributed by atoms with Gasteiger partial charge in [-0.1, -0.05) is 37.3 Å². The van der Waals surface area contributed by atoms with Crippen LogP contribution in [0.4, 0.5) is 0 Å². The number of hydrogen-bond acceptors (Lipinski definition) is 10. The Morgan fingerprint density at radius 2 is 1.44 bits per heavy atom. The fourth-order valence-electron chi connectivity index (χ4n) is 3.36. The minimum atomic E-state index is -3.41. The number of halogens is 2. The molecule has 10 nitrogen and oxygen atoms in total. The van der Waals surface area contributed by atoms with Crippen molar-refractivity contribution in [3.63, 3.8) is 0 Å². The average Bonchev–Trinajstić information content (AvgIpc) is 2.84. The normalized spacial score (nSPS) is 27.9. The zero-order valence-corrected chi connectivity index (χ0v) is 24.2. The van der Waals surface area contributed by atoms with E-state index in [1.54, 1.807) is 0 Å². The van der Waals surface area contributed by atoms with E-state index in [0.717, 1.165) is 17.2 Å². The first-order valence-corrected chi connectivity index (χ1v) is 18.3. The topological polar surface area (TPSA) is 104 Å². The lowest BCUT2D eigenvalue weighted by Gasteiger charge is -2.31. The summed E-state index contributed by atoms with van der Waals surface area (Å²) < 4.78 is 49.7. The quantitative estimate of drug-likeness (QED) is 0.352. The Labute approximate surface area is 221 Å². The Bertz CT molecular complexity index is 1200. The van der Waals surface area contributed by atoms with Crippen LogP contribution < -0.4 is 9.61 Å². The predicted octanol–water partition coefficient (Wildman–Crippen LogP) is 7.64. The summed E-state index contributed by atoms with van der Waals surface area (Å²) in [4.78, 5) is 0. The minimum Gasteiger partial charge on any atom is -0.422 e. The van der Waals surface area contributed by atoms with Crippen molar-refractivity contribution < 1.29 is 27.8 Å². The molecule has 36 heavy (non-hydrogen) atoms. The molecule has 2 aliphatic heterocycles. The van der Waals surface area contributed by atoms with Gasteiger partial charge in [-0.25, -0.2) is 5.09 Å². The third-order valence-corrected chi connectivity index (χ3v) is 15.0. The molecule has 0 saturated heterocycles. The van der Waals surface area contributed by atoms with Gasteiger partial charge in [0.25, 0.3) is 13.5 Å². The Morgan fingerprint density at radius 3 is 2.14 bits per heavy atom. The van der Waals surface area contributed by atoms with E-state index in [0.29, 0.717) is 45.3 Å². The van der Waals surface area contributed by atoms with E-state index in [1.165, 1.54) is 0 Å². The lowest BCUT2D eigenvalue weighted by molar-refractivity contribution is 0.00497. The smallest absolute Gasteiger partial charge is 0.400 e. The van der Waals surface area contributed by atoms with Gasteiger partial charge in [-0.15, -0.1) is 4.52 Å². The fraction of sp³-hybridized carbons (Fsp3) is 0.524. The maximum Gasteiger partial charge on any atom is 0.400 e. The maximum atomic E-state index is 6.67. The molecule has 0 amide bonds. The van der Waals surface area contributed by atoms with Gasteiger partial charge in [0, 0.05) is 6.54 Å². The van der Waals surface area contributed by atoms with Gasteiger partial charge < -0.3 is 23.3 Å². The Balaban J connectivity index is 1.74. The first-order chi connectivity index (χ1) is 17.4. The summed E-state index contributed by atoms with van der Waals surface area (Å²) >= 11 is 13.3. The van der Waals surface area contributed by atoms with Gasteiger partial charge in [0.2, 0.25) is 0 Å². The summed E-state index contributed by atoms with van der Waals surface area (Å²) in [7, 11) is -6.50. The molecule has 0 fully saturated rings. The van der Waals surface area contributed by atoms with E-state index in [2.05, 4.69) is 14.1 Å². The Morgan fingerprint density at radius 1 is 0.806 bits per heavy atom. The van der Waals surface area contributed by atoms with Crippen molar-refractivity contribution in [2.24, 2.45) is 13.5 Å². The van der Waals surface area contributed by atoms with Crippen LogP contribution in [0.15, 0.2) is 56.0 Å². The van der Waals surface area contributed by atoms with Crippen LogP contribution in [0.5, 0.6) is 5.75 Å². The summed E-state index contributed by atoms with van der Waals surface area (Å²) in [5.74, 6) is -2.72. The van der Waals surface area contributed by atoms with Gasteiger partial charge in [0.1, 0.15) is 5.75 Å². The van der Waals surface area contributed by atoms with Gasteiger partial charge in [-0.3, -0.25) is 4.52 Å². The summed E-state index contributed by atoms with van der Waals surface area (Å²) in [5.41, 5.74) is 0. The van der Waals surface area contributed by atoms with Crippen molar-refractivity contribution in [1.29, 1.82) is 0 Å². The third kappa shape index (κ3) is 8.26. The largest absolute Gasteiger partial charge is 0.422 e. The number of benzene rings is 2. The molecule has 2 aromatic rings. The van der Waals surface area contributed by atoms with E-state index in [4.69, 9.17) is 54.8 Å². The molecule has 2 aromatic carbocycles. The number of nitrogens with one attached hydrogen (secondary N) is 1. The molecule has 1 N–H and O–H groups in total. The maximum absolute atomic E-state index is 6.67. The van der Waals surface area contributed by atoms with E-state index in [9.17, 15) is 0 Å². The molecule has 2 atom stereocenters. The molecular weight excluding hydrogens is 568 g/mol. The highest BCUT2D eigenvalue weighted by atomic mass is 35.9. The lowest BCUT2D eigenvalue weighted by atomic mass is 10.1. The van der Waals surface area contributed by atoms with Crippen LogP contribution in [0.1, 0.15) is 13.3 Å². The Kier molecular flexibility index (Phi) is 10.7. The van der Waals surface area contributed by atoms with Crippen LogP contribution in [0, 0.1) is 0 Å². The first-order valence-electron chi connectivity index (χ1n) is 11.7. The fourth-order valence-corrected chi connectivity index (χ4v) is 14.7. The second-order valence-corrected chi connectivity index (χ2v) is 17.3. The van der Waals surface area contributed by atoms with Crippen LogP contribution in [0.2, 0.25) is 0 Å². The van der Waals surface area contributed by atoms with Crippen LogP contribution in [0.3, 0.4) is 0 Å². The molecule has 2 aliphatic rings. The zero-order chi connectivity index (χ0) is 25.3. The number of hydrogen-bond donors (Lipinski definition) is 1.